The van der Waals surface area contributed by atoms with Crippen molar-refractivity contribution in [2.24, 2.45) is 0 Å². The number of hydrogen-bond acceptors (Lipinski definition) is 6. The number of amides is 2. The summed E-state index contributed by atoms with van der Waals surface area (Å²) in [6, 6.07) is 9.41. The summed E-state index contributed by atoms with van der Waals surface area (Å²) in [5.41, 5.74) is 1.74. The smallest absolute Gasteiger partial charge is 0.253 e. The first-order chi connectivity index (χ1) is 14.9. The number of halogens is 1. The molecule has 31 heavy (non-hydrogen) atoms. The van der Waals surface area contributed by atoms with Gasteiger partial charge in [-0.15, -0.1) is 0 Å². The predicted octanol–water partition coefficient (Wildman–Crippen LogP) is 3.57. The van der Waals surface area contributed by atoms with E-state index in [2.05, 4.69) is 21.8 Å². The van der Waals surface area contributed by atoms with E-state index in [1.165, 1.54) is 11.8 Å². The summed E-state index contributed by atoms with van der Waals surface area (Å²) in [5.74, 6) is 1.56. The molecule has 0 saturated carbocycles. The number of hydrogen-bond donors (Lipinski definition) is 0. The number of carbonyl (C=O) groups is 2. The van der Waals surface area contributed by atoms with Crippen molar-refractivity contribution in [2.75, 3.05) is 44.7 Å². The molecule has 2 amide bonds. The first-order valence-corrected chi connectivity index (χ1v) is 11.8. The third-order valence-electron chi connectivity index (χ3n) is 5.19. The van der Waals surface area contributed by atoms with Crippen molar-refractivity contribution in [2.45, 2.75) is 31.2 Å². The molecule has 1 aromatic heterocycles. The minimum Gasteiger partial charge on any atom is -0.360 e. The van der Waals surface area contributed by atoms with Crippen LogP contribution in [0.25, 0.3) is 0 Å². The number of anilines is 1. The van der Waals surface area contributed by atoms with E-state index in [-0.39, 0.29) is 11.8 Å². The Morgan fingerprint density at radius 2 is 1.74 bits per heavy atom. The molecule has 0 unspecified atom stereocenters. The van der Waals surface area contributed by atoms with Crippen LogP contribution in [0.15, 0.2) is 35.5 Å². The fourth-order valence-electron chi connectivity index (χ4n) is 3.39. The van der Waals surface area contributed by atoms with Crippen LogP contribution in [0.4, 0.5) is 5.82 Å². The van der Waals surface area contributed by atoms with Crippen LogP contribution in [-0.2, 0) is 10.5 Å². The minimum absolute atomic E-state index is 0.00387. The normalized spacial score (nSPS) is 13.9. The van der Waals surface area contributed by atoms with E-state index < -0.39 is 0 Å². The van der Waals surface area contributed by atoms with Crippen LogP contribution in [0.1, 0.15) is 36.2 Å². The molecule has 7 nitrogen and oxygen atoms in total. The van der Waals surface area contributed by atoms with Gasteiger partial charge in [0.25, 0.3) is 5.91 Å². The SMILES string of the molecule is CCCN(C)c1cc(Cl)nc(SCc2ccc(C(=O)N3CCN(C(C)=O)CC3)cc2)n1. The van der Waals surface area contributed by atoms with Crippen LogP contribution in [0.5, 0.6) is 0 Å². The summed E-state index contributed by atoms with van der Waals surface area (Å²) in [4.78, 5) is 38.7. The molecule has 0 N–H and O–H groups in total. The van der Waals surface area contributed by atoms with Crippen molar-refractivity contribution in [3.05, 3.63) is 46.6 Å². The summed E-state index contributed by atoms with van der Waals surface area (Å²) in [6.45, 7) is 6.89. The highest BCUT2D eigenvalue weighted by atomic mass is 35.5. The highest BCUT2D eigenvalue weighted by Crippen LogP contribution is 2.24. The minimum atomic E-state index is 0.00387. The third-order valence-corrected chi connectivity index (χ3v) is 6.30. The van der Waals surface area contributed by atoms with Gasteiger partial charge in [-0.25, -0.2) is 9.97 Å². The molecule has 0 atom stereocenters. The van der Waals surface area contributed by atoms with Gasteiger partial charge in [-0.05, 0) is 24.1 Å². The average molecular weight is 462 g/mol. The highest BCUT2D eigenvalue weighted by molar-refractivity contribution is 7.98. The summed E-state index contributed by atoms with van der Waals surface area (Å²) >= 11 is 7.69. The Kier molecular flexibility index (Phi) is 8.15. The number of rotatable bonds is 7. The number of thioether (sulfide) groups is 1. The molecule has 1 aromatic carbocycles. The van der Waals surface area contributed by atoms with Crippen molar-refractivity contribution in [1.29, 1.82) is 0 Å². The van der Waals surface area contributed by atoms with E-state index in [9.17, 15) is 9.59 Å². The van der Waals surface area contributed by atoms with Gasteiger partial charge in [0.15, 0.2) is 5.16 Å². The van der Waals surface area contributed by atoms with Gasteiger partial charge in [0.05, 0.1) is 0 Å². The van der Waals surface area contributed by atoms with E-state index in [0.717, 1.165) is 24.3 Å². The van der Waals surface area contributed by atoms with Crippen molar-refractivity contribution in [1.82, 2.24) is 19.8 Å². The Morgan fingerprint density at radius 3 is 2.35 bits per heavy atom. The Hall–Kier alpha value is -2.32. The molecule has 3 rings (SSSR count). The van der Waals surface area contributed by atoms with E-state index in [4.69, 9.17) is 11.6 Å². The highest BCUT2D eigenvalue weighted by Gasteiger charge is 2.23. The second-order valence-electron chi connectivity index (χ2n) is 7.54. The lowest BCUT2D eigenvalue weighted by Crippen LogP contribution is -2.50. The van der Waals surface area contributed by atoms with Gasteiger partial charge in [0, 0.05) is 64.1 Å². The predicted molar refractivity (Wildman–Crippen MR) is 125 cm³/mol. The van der Waals surface area contributed by atoms with Crippen LogP contribution in [0.2, 0.25) is 5.15 Å². The maximum absolute atomic E-state index is 12.7. The summed E-state index contributed by atoms with van der Waals surface area (Å²) in [6.07, 6.45) is 1.03. The monoisotopic (exact) mass is 461 g/mol. The molecule has 0 bridgehead atoms. The van der Waals surface area contributed by atoms with E-state index in [1.807, 2.05) is 31.3 Å². The van der Waals surface area contributed by atoms with Crippen LogP contribution in [-0.4, -0.2) is 71.4 Å². The first kappa shape index (κ1) is 23.3. The molecule has 0 radical (unpaired) electrons. The number of nitrogens with zero attached hydrogens (tertiary/aromatic N) is 5. The number of aromatic nitrogens is 2. The van der Waals surface area contributed by atoms with E-state index in [1.54, 1.807) is 22.8 Å². The van der Waals surface area contributed by atoms with Crippen LogP contribution < -0.4 is 4.90 Å². The molecular formula is C22H28ClN5O2S. The topological polar surface area (TPSA) is 69.6 Å². The van der Waals surface area contributed by atoms with Gasteiger partial charge in [-0.1, -0.05) is 42.4 Å². The Labute approximate surface area is 192 Å². The molecule has 1 fully saturated rings. The quantitative estimate of drug-likeness (QED) is 0.356. The van der Waals surface area contributed by atoms with Crippen LogP contribution in [0, 0.1) is 0 Å². The summed E-state index contributed by atoms with van der Waals surface area (Å²) in [5, 5.41) is 1.07. The molecule has 0 aliphatic carbocycles. The molecule has 0 spiro atoms. The van der Waals surface area contributed by atoms with Gasteiger partial charge < -0.3 is 14.7 Å². The second kappa shape index (κ2) is 10.8. The standard InChI is InChI=1S/C22H28ClN5O2S/c1-4-9-26(3)20-14-19(23)24-22(25-20)31-15-17-5-7-18(8-6-17)21(30)28-12-10-27(11-13-28)16(2)29/h5-8,14H,4,9-13,15H2,1-3H3. The average Bonchev–Trinajstić information content (AvgIpc) is 2.77. The van der Waals surface area contributed by atoms with Crippen molar-refractivity contribution < 1.29 is 9.59 Å². The zero-order valence-corrected chi connectivity index (χ0v) is 19.7. The van der Waals surface area contributed by atoms with Gasteiger partial charge in [0.1, 0.15) is 11.0 Å². The third kappa shape index (κ3) is 6.33. The molecule has 2 heterocycles. The largest absolute Gasteiger partial charge is 0.360 e. The zero-order valence-electron chi connectivity index (χ0n) is 18.2. The number of carbonyl (C=O) groups excluding carboxylic acids is 2. The number of benzene rings is 1. The Morgan fingerprint density at radius 1 is 1.10 bits per heavy atom. The van der Waals surface area contributed by atoms with Crippen LogP contribution >= 0.6 is 23.4 Å². The molecule has 2 aromatic rings. The van der Waals surface area contributed by atoms with Gasteiger partial charge in [-0.2, -0.15) is 0 Å². The van der Waals surface area contributed by atoms with Crippen molar-refractivity contribution in [3.63, 3.8) is 0 Å². The zero-order chi connectivity index (χ0) is 22.4. The van der Waals surface area contributed by atoms with Gasteiger partial charge >= 0.3 is 0 Å². The molecule has 166 valence electrons. The summed E-state index contributed by atoms with van der Waals surface area (Å²) in [7, 11) is 1.99. The maximum Gasteiger partial charge on any atom is 0.253 e. The fourth-order valence-corrected chi connectivity index (χ4v) is 4.43. The van der Waals surface area contributed by atoms with E-state index >= 15 is 0 Å². The van der Waals surface area contributed by atoms with Crippen molar-refractivity contribution in [3.8, 4) is 0 Å². The fraction of sp³-hybridized carbons (Fsp3) is 0.455. The first-order valence-electron chi connectivity index (χ1n) is 10.4. The molecule has 9 heteroatoms. The molecule has 1 aliphatic rings. The Balaban J connectivity index is 1.58. The lowest BCUT2D eigenvalue weighted by atomic mass is 10.1. The Bertz CT molecular complexity index is 917. The molecule has 1 aliphatic heterocycles. The number of piperazine rings is 1. The van der Waals surface area contributed by atoms with Gasteiger partial charge in [0.2, 0.25) is 5.91 Å². The lowest BCUT2D eigenvalue weighted by Gasteiger charge is -2.34. The van der Waals surface area contributed by atoms with Crippen LogP contribution in [0.3, 0.4) is 0 Å². The summed E-state index contributed by atoms with van der Waals surface area (Å²) < 4.78 is 0. The van der Waals surface area contributed by atoms with E-state index in [0.29, 0.717) is 47.8 Å². The molecular weight excluding hydrogens is 434 g/mol. The van der Waals surface area contributed by atoms with Gasteiger partial charge in [-0.3, -0.25) is 9.59 Å². The van der Waals surface area contributed by atoms with Crippen molar-refractivity contribution >= 4 is 41.0 Å². The molecule has 1 saturated heterocycles. The maximum atomic E-state index is 12.7. The lowest BCUT2D eigenvalue weighted by molar-refractivity contribution is -0.130. The second-order valence-corrected chi connectivity index (χ2v) is 8.87.